The highest BCUT2D eigenvalue weighted by atomic mass is 32.1. The second-order valence-electron chi connectivity index (χ2n) is 16.0. The maximum Gasteiger partial charge on any atom is 0.407 e. The number of Topliss-reactive ketones (excluding diaryl/α,β-unsaturated/α-hetero) is 1. The van der Waals surface area contributed by atoms with Gasteiger partial charge >= 0.3 is 18.0 Å². The quantitative estimate of drug-likeness (QED) is 0.0326. The van der Waals surface area contributed by atoms with Crippen LogP contribution in [-0.4, -0.2) is 143 Å². The van der Waals surface area contributed by atoms with Crippen molar-refractivity contribution in [3.05, 3.63) is 45.8 Å². The Labute approximate surface area is 377 Å². The topological polar surface area (TPSA) is 266 Å². The summed E-state index contributed by atoms with van der Waals surface area (Å²) >= 11 is 0.949. The van der Waals surface area contributed by atoms with E-state index in [0.717, 1.165) is 11.3 Å². The monoisotopic (exact) mass is 942 g/mol. The van der Waals surface area contributed by atoms with E-state index < -0.39 is 97.1 Å². The first-order valence-electron chi connectivity index (χ1n) is 20.6. The normalized spacial score (nSPS) is 14.7. The molecule has 3 aromatic rings. The highest BCUT2D eigenvalue weighted by Gasteiger charge is 2.32. The van der Waals surface area contributed by atoms with Gasteiger partial charge in [0.25, 0.3) is 0 Å². The molecule has 0 bridgehead atoms. The van der Waals surface area contributed by atoms with Gasteiger partial charge < -0.3 is 68.9 Å². The summed E-state index contributed by atoms with van der Waals surface area (Å²) in [6.07, 6.45) is -9.78. The van der Waals surface area contributed by atoms with Crippen LogP contribution in [0.4, 0.5) is 13.6 Å². The van der Waals surface area contributed by atoms with Crippen LogP contribution >= 0.6 is 11.3 Å². The molecule has 0 aliphatic carbocycles. The Morgan fingerprint density at radius 1 is 0.831 bits per heavy atom. The number of rotatable bonds is 24. The second kappa shape index (κ2) is 23.7. The van der Waals surface area contributed by atoms with Crippen molar-refractivity contribution in [1.29, 1.82) is 0 Å². The lowest BCUT2D eigenvalue weighted by molar-refractivity contribution is -0.156. The number of carbonyl (C=O) groups is 5. The van der Waals surface area contributed by atoms with Crippen LogP contribution in [0, 0.1) is 11.6 Å². The number of amides is 2. The first kappa shape index (κ1) is 52.2. The zero-order chi connectivity index (χ0) is 48.2. The van der Waals surface area contributed by atoms with Crippen molar-refractivity contribution in [2.24, 2.45) is 0 Å². The van der Waals surface area contributed by atoms with Gasteiger partial charge in [-0.1, -0.05) is 0 Å². The van der Waals surface area contributed by atoms with Crippen molar-refractivity contribution in [2.45, 2.75) is 109 Å². The Hall–Kier alpha value is -5.39. The van der Waals surface area contributed by atoms with Gasteiger partial charge in [0.2, 0.25) is 5.91 Å². The fourth-order valence-electron chi connectivity index (χ4n) is 6.34. The summed E-state index contributed by atoms with van der Waals surface area (Å²) in [5.74, 6) is -4.38. The van der Waals surface area contributed by atoms with Crippen LogP contribution < -0.4 is 24.3 Å². The molecular formula is C43H56F2N2O17S. The van der Waals surface area contributed by atoms with Gasteiger partial charge in [0.05, 0.1) is 58.3 Å². The Morgan fingerprint density at radius 3 is 2.08 bits per heavy atom. The van der Waals surface area contributed by atoms with Gasteiger partial charge in [-0.25, -0.2) is 13.6 Å². The SMILES string of the molecule is COc1cc2c(c(F)c1OCCCOc1c(OC)cc3sc(C(=O)CCC(=O)OC[C@@H](O)[C@@H](O)[C@H](O)[C@H](O)CO)cc3c1F)CN(C(=O)CCC(=O)O[C@@H](C)CNC(=O)OC(C)(C)C)C2. The van der Waals surface area contributed by atoms with Gasteiger partial charge in [-0.15, -0.1) is 11.3 Å². The molecule has 1 aliphatic rings. The smallest absolute Gasteiger partial charge is 0.407 e. The minimum absolute atomic E-state index is 0.00814. The number of nitrogens with zero attached hydrogens (tertiary/aromatic N) is 1. The summed E-state index contributed by atoms with van der Waals surface area (Å²) < 4.78 is 69.5. The number of nitrogens with one attached hydrogen (secondary N) is 1. The zero-order valence-corrected chi connectivity index (χ0v) is 37.7. The highest BCUT2D eigenvalue weighted by Crippen LogP contribution is 2.41. The summed E-state index contributed by atoms with van der Waals surface area (Å²) in [4.78, 5) is 63.9. The van der Waals surface area contributed by atoms with Crippen molar-refractivity contribution in [3.63, 3.8) is 0 Å². The van der Waals surface area contributed by atoms with E-state index in [1.165, 1.54) is 31.3 Å². The molecule has 0 saturated carbocycles. The molecule has 1 aromatic heterocycles. The molecule has 0 radical (unpaired) electrons. The van der Waals surface area contributed by atoms with Crippen molar-refractivity contribution >= 4 is 51.1 Å². The number of thiophene rings is 1. The van der Waals surface area contributed by atoms with Crippen LogP contribution in [0.2, 0.25) is 0 Å². The van der Waals surface area contributed by atoms with Crippen molar-refractivity contribution in [1.82, 2.24) is 10.2 Å². The second-order valence-corrected chi connectivity index (χ2v) is 17.1. The number of aliphatic hydroxyl groups excluding tert-OH is 5. The highest BCUT2D eigenvalue weighted by molar-refractivity contribution is 7.20. The number of fused-ring (bicyclic) bond motifs is 2. The standard InChI is InChI=1S/C43H56F2N2O17S/c1-22(17-46-42(57)64-43(2,3)4)63-35(54)11-9-33(52)47-18-23-14-29(58-5)40(37(45)25(23)19-47)60-12-7-13-61-41-30(59-6)16-31-24(36(41)44)15-32(65-31)26(49)8-10-34(53)62-21-28(51)39(56)38(55)27(50)20-48/h14-16,22,27-28,38-39,48,50-51,55-56H,7-13,17-21H2,1-6H3,(H,46,57)/t22-,27+,28+,38+,39+/m0/s1. The molecule has 2 heterocycles. The number of ketones is 1. The summed E-state index contributed by atoms with van der Waals surface area (Å²) in [6, 6.07) is 4.34. The Morgan fingerprint density at radius 2 is 1.45 bits per heavy atom. The Bertz CT molecular complexity index is 2160. The number of methoxy groups -OCH3 is 2. The number of hydrogen-bond donors (Lipinski definition) is 6. The summed E-state index contributed by atoms with van der Waals surface area (Å²) in [6.45, 7) is 4.86. The van der Waals surface area contributed by atoms with E-state index in [0.29, 0.717) is 10.3 Å². The molecule has 0 spiro atoms. The maximum atomic E-state index is 15.9. The van der Waals surface area contributed by atoms with E-state index in [2.05, 4.69) is 5.32 Å². The molecule has 6 N–H and O–H groups in total. The average molecular weight is 943 g/mol. The molecule has 65 heavy (non-hydrogen) atoms. The molecule has 2 aromatic carbocycles. The average Bonchev–Trinajstić information content (AvgIpc) is 3.91. The lowest BCUT2D eigenvalue weighted by Gasteiger charge is -2.25. The van der Waals surface area contributed by atoms with Crippen molar-refractivity contribution in [3.8, 4) is 23.0 Å². The van der Waals surface area contributed by atoms with Crippen LogP contribution in [-0.2, 0) is 41.7 Å². The van der Waals surface area contributed by atoms with Gasteiger partial charge in [0.1, 0.15) is 42.7 Å². The van der Waals surface area contributed by atoms with Crippen LogP contribution in [0.15, 0.2) is 18.2 Å². The van der Waals surface area contributed by atoms with Gasteiger partial charge in [0.15, 0.2) is 40.4 Å². The van der Waals surface area contributed by atoms with E-state index in [1.807, 2.05) is 0 Å². The minimum atomic E-state index is -1.93. The number of hydrogen-bond acceptors (Lipinski definition) is 18. The molecule has 4 rings (SSSR count). The number of ether oxygens (including phenoxy) is 7. The third-order valence-corrected chi connectivity index (χ3v) is 10.9. The lowest BCUT2D eigenvalue weighted by Crippen LogP contribution is -2.47. The third kappa shape index (κ3) is 14.6. The van der Waals surface area contributed by atoms with Gasteiger partial charge in [-0.05, 0) is 45.4 Å². The van der Waals surface area contributed by atoms with Crippen LogP contribution in [0.5, 0.6) is 23.0 Å². The molecule has 0 saturated heterocycles. The Balaban J connectivity index is 1.26. The summed E-state index contributed by atoms with van der Waals surface area (Å²) in [5, 5.41) is 50.3. The predicted molar refractivity (Wildman–Crippen MR) is 226 cm³/mol. The number of aliphatic hydroxyl groups is 5. The minimum Gasteiger partial charge on any atom is -0.493 e. The fourth-order valence-corrected chi connectivity index (χ4v) is 7.39. The van der Waals surface area contributed by atoms with Crippen LogP contribution in [0.3, 0.4) is 0 Å². The molecule has 1 aliphatic heterocycles. The zero-order valence-electron chi connectivity index (χ0n) is 36.9. The summed E-state index contributed by atoms with van der Waals surface area (Å²) in [7, 11) is 2.63. The number of halogens is 2. The van der Waals surface area contributed by atoms with E-state index >= 15 is 8.78 Å². The molecule has 5 atom stereocenters. The van der Waals surface area contributed by atoms with E-state index in [4.69, 9.17) is 38.3 Å². The number of esters is 2. The van der Waals surface area contributed by atoms with E-state index in [9.17, 15) is 44.4 Å². The lowest BCUT2D eigenvalue weighted by atomic mass is 10.0. The van der Waals surface area contributed by atoms with Crippen LogP contribution in [0.1, 0.15) is 80.6 Å². The molecule has 19 nitrogen and oxygen atoms in total. The van der Waals surface area contributed by atoms with Gasteiger partial charge in [-0.2, -0.15) is 0 Å². The number of benzene rings is 2. The maximum absolute atomic E-state index is 15.9. The molecule has 0 unspecified atom stereocenters. The molecule has 0 fully saturated rings. The third-order valence-electron chi connectivity index (χ3n) is 9.73. The molecular weight excluding hydrogens is 887 g/mol. The largest absolute Gasteiger partial charge is 0.493 e. The first-order valence-corrected chi connectivity index (χ1v) is 21.4. The van der Waals surface area contributed by atoms with Crippen LogP contribution in [0.25, 0.3) is 10.1 Å². The predicted octanol–water partition coefficient (Wildman–Crippen LogP) is 3.07. The molecule has 360 valence electrons. The number of carbonyl (C=O) groups excluding carboxylic acids is 5. The van der Waals surface area contributed by atoms with E-state index in [1.54, 1.807) is 33.8 Å². The fraction of sp³-hybridized carbons (Fsp3) is 0.558. The first-order chi connectivity index (χ1) is 30.7. The van der Waals surface area contributed by atoms with E-state index in [-0.39, 0.29) is 97.4 Å². The number of alkyl carbamates (subject to hydrolysis) is 1. The van der Waals surface area contributed by atoms with Gasteiger partial charge in [-0.3, -0.25) is 19.2 Å². The molecule has 22 heteroatoms. The van der Waals surface area contributed by atoms with Crippen molar-refractivity contribution < 1.29 is 91.4 Å². The van der Waals surface area contributed by atoms with Gasteiger partial charge in [0, 0.05) is 54.1 Å². The summed E-state index contributed by atoms with van der Waals surface area (Å²) in [5.41, 5.74) is 0.0208. The Kier molecular flexibility index (Phi) is 19.0. The van der Waals surface area contributed by atoms with Crippen molar-refractivity contribution in [2.75, 3.05) is 47.2 Å². The molecule has 2 amide bonds.